The van der Waals surface area contributed by atoms with Crippen molar-refractivity contribution in [2.24, 2.45) is 5.73 Å². The van der Waals surface area contributed by atoms with Gasteiger partial charge in [-0.15, -0.1) is 0 Å². The van der Waals surface area contributed by atoms with E-state index in [0.29, 0.717) is 10.5 Å². The van der Waals surface area contributed by atoms with Gasteiger partial charge in [-0.2, -0.15) is 4.31 Å². The summed E-state index contributed by atoms with van der Waals surface area (Å²) in [7, 11) is -1.78. The van der Waals surface area contributed by atoms with Crippen LogP contribution >= 0.6 is 0 Å². The highest BCUT2D eigenvalue weighted by Gasteiger charge is 2.35. The molecule has 1 aromatic carbocycles. The van der Waals surface area contributed by atoms with Crippen molar-refractivity contribution < 1.29 is 8.42 Å². The van der Waals surface area contributed by atoms with Crippen molar-refractivity contribution in [1.29, 1.82) is 0 Å². The van der Waals surface area contributed by atoms with Crippen LogP contribution in [0.25, 0.3) is 0 Å². The molecule has 4 nitrogen and oxygen atoms in total. The number of sulfonamides is 1. The van der Waals surface area contributed by atoms with Crippen LogP contribution in [0, 0.1) is 18.8 Å². The van der Waals surface area contributed by atoms with Gasteiger partial charge in [-0.3, -0.25) is 0 Å². The summed E-state index contributed by atoms with van der Waals surface area (Å²) in [4.78, 5) is 0.339. The lowest BCUT2D eigenvalue weighted by atomic mass is 10.1. The van der Waals surface area contributed by atoms with Crippen LogP contribution in [-0.2, 0) is 10.0 Å². The molecule has 0 unspecified atom stereocenters. The molecule has 2 rings (SSSR count). The standard InChI is InChI=1S/C14H18N2O2S/c1-11-5-6-12(4-3-9-15)10-14(11)19(17,18)16(2)13-7-8-13/h5-6,10,13H,7-9,15H2,1-2H3. The van der Waals surface area contributed by atoms with E-state index in [1.807, 2.05) is 6.07 Å². The van der Waals surface area contributed by atoms with E-state index < -0.39 is 10.0 Å². The highest BCUT2D eigenvalue weighted by atomic mass is 32.2. The van der Waals surface area contributed by atoms with Gasteiger partial charge in [0, 0.05) is 18.7 Å². The summed E-state index contributed by atoms with van der Waals surface area (Å²) in [5, 5.41) is 0. The maximum Gasteiger partial charge on any atom is 0.243 e. The normalized spacial score (nSPS) is 15.2. The van der Waals surface area contributed by atoms with Crippen molar-refractivity contribution in [2.75, 3.05) is 13.6 Å². The van der Waals surface area contributed by atoms with Gasteiger partial charge in [0.25, 0.3) is 0 Å². The molecule has 0 spiro atoms. The van der Waals surface area contributed by atoms with E-state index in [9.17, 15) is 8.42 Å². The first kappa shape index (κ1) is 14.1. The van der Waals surface area contributed by atoms with Gasteiger partial charge in [-0.25, -0.2) is 8.42 Å². The Morgan fingerprint density at radius 3 is 2.68 bits per heavy atom. The fourth-order valence-electron chi connectivity index (χ4n) is 1.90. The molecule has 0 radical (unpaired) electrons. The Labute approximate surface area is 114 Å². The van der Waals surface area contributed by atoms with E-state index >= 15 is 0 Å². The first-order valence-corrected chi connectivity index (χ1v) is 7.68. The van der Waals surface area contributed by atoms with Crippen LogP contribution in [0.3, 0.4) is 0 Å². The molecule has 0 saturated heterocycles. The topological polar surface area (TPSA) is 63.4 Å². The number of aryl methyl sites for hydroxylation is 1. The molecule has 19 heavy (non-hydrogen) atoms. The smallest absolute Gasteiger partial charge is 0.243 e. The van der Waals surface area contributed by atoms with Gasteiger partial charge in [0.2, 0.25) is 10.0 Å². The van der Waals surface area contributed by atoms with Gasteiger partial charge in [-0.05, 0) is 37.5 Å². The third-order valence-corrected chi connectivity index (χ3v) is 5.29. The molecular formula is C14H18N2O2S. The molecule has 0 amide bonds. The molecule has 102 valence electrons. The number of hydrogen-bond acceptors (Lipinski definition) is 3. The molecule has 2 N–H and O–H groups in total. The van der Waals surface area contributed by atoms with Crippen molar-refractivity contribution in [1.82, 2.24) is 4.31 Å². The number of benzene rings is 1. The summed E-state index contributed by atoms with van der Waals surface area (Å²) in [5.74, 6) is 5.61. The predicted molar refractivity (Wildman–Crippen MR) is 75.1 cm³/mol. The monoisotopic (exact) mass is 278 g/mol. The number of rotatable bonds is 3. The number of nitrogens with zero attached hydrogens (tertiary/aromatic N) is 1. The third kappa shape index (κ3) is 2.98. The fraction of sp³-hybridized carbons (Fsp3) is 0.429. The Bertz CT molecular complexity index is 637. The fourth-order valence-corrected chi connectivity index (χ4v) is 3.56. The van der Waals surface area contributed by atoms with Gasteiger partial charge in [-0.1, -0.05) is 17.9 Å². The zero-order chi connectivity index (χ0) is 14.0. The molecule has 0 bridgehead atoms. The molecular weight excluding hydrogens is 260 g/mol. The summed E-state index contributed by atoms with van der Waals surface area (Å²) < 4.78 is 26.5. The molecule has 1 aliphatic carbocycles. The minimum atomic E-state index is -3.42. The van der Waals surface area contributed by atoms with Crippen molar-refractivity contribution in [3.05, 3.63) is 29.3 Å². The Hall–Kier alpha value is -1.35. The van der Waals surface area contributed by atoms with Gasteiger partial charge >= 0.3 is 0 Å². The van der Waals surface area contributed by atoms with E-state index in [0.717, 1.165) is 18.4 Å². The summed E-state index contributed by atoms with van der Waals surface area (Å²) in [6.07, 6.45) is 1.89. The third-order valence-electron chi connectivity index (χ3n) is 3.24. The van der Waals surface area contributed by atoms with Gasteiger partial charge < -0.3 is 5.73 Å². The first-order valence-electron chi connectivity index (χ1n) is 6.24. The van der Waals surface area contributed by atoms with Crippen LogP contribution in [-0.4, -0.2) is 32.4 Å². The molecule has 1 aliphatic rings. The second kappa shape index (κ2) is 5.33. The maximum absolute atomic E-state index is 12.5. The van der Waals surface area contributed by atoms with E-state index in [-0.39, 0.29) is 12.6 Å². The number of nitrogens with two attached hydrogens (primary N) is 1. The Morgan fingerprint density at radius 2 is 2.11 bits per heavy atom. The van der Waals surface area contributed by atoms with Crippen LogP contribution in [0.1, 0.15) is 24.0 Å². The zero-order valence-corrected chi connectivity index (χ0v) is 12.0. The second-order valence-corrected chi connectivity index (χ2v) is 6.70. The summed E-state index contributed by atoms with van der Waals surface area (Å²) in [6, 6.07) is 5.39. The molecule has 0 aromatic heterocycles. The average molecular weight is 278 g/mol. The summed E-state index contributed by atoms with van der Waals surface area (Å²) >= 11 is 0. The first-order chi connectivity index (χ1) is 8.96. The van der Waals surface area contributed by atoms with Crippen LogP contribution in [0.2, 0.25) is 0 Å². The van der Waals surface area contributed by atoms with E-state index in [1.54, 1.807) is 26.1 Å². The predicted octanol–water partition coefficient (Wildman–Crippen LogP) is 1.09. The largest absolute Gasteiger partial charge is 0.320 e. The lowest BCUT2D eigenvalue weighted by Gasteiger charge is -2.18. The quantitative estimate of drug-likeness (QED) is 0.842. The highest BCUT2D eigenvalue weighted by molar-refractivity contribution is 7.89. The van der Waals surface area contributed by atoms with Crippen molar-refractivity contribution in [2.45, 2.75) is 30.7 Å². The van der Waals surface area contributed by atoms with Crippen LogP contribution in [0.5, 0.6) is 0 Å². The molecule has 0 heterocycles. The average Bonchev–Trinajstić information content (AvgIpc) is 3.21. The zero-order valence-electron chi connectivity index (χ0n) is 11.2. The van der Waals surface area contributed by atoms with E-state index in [4.69, 9.17) is 5.73 Å². The molecule has 1 saturated carbocycles. The molecule has 0 aliphatic heterocycles. The van der Waals surface area contributed by atoms with Crippen LogP contribution < -0.4 is 5.73 Å². The van der Waals surface area contributed by atoms with E-state index in [2.05, 4.69) is 11.8 Å². The number of hydrogen-bond donors (Lipinski definition) is 1. The summed E-state index contributed by atoms with van der Waals surface area (Å²) in [5.41, 5.74) is 6.75. The maximum atomic E-state index is 12.5. The van der Waals surface area contributed by atoms with Gasteiger partial charge in [0.05, 0.1) is 11.4 Å². The van der Waals surface area contributed by atoms with Crippen LogP contribution in [0.4, 0.5) is 0 Å². The highest BCUT2D eigenvalue weighted by Crippen LogP contribution is 2.31. The van der Waals surface area contributed by atoms with Gasteiger partial charge in [0.1, 0.15) is 0 Å². The molecule has 0 atom stereocenters. The van der Waals surface area contributed by atoms with Crippen molar-refractivity contribution in [3.63, 3.8) is 0 Å². The lowest BCUT2D eigenvalue weighted by molar-refractivity contribution is 0.464. The van der Waals surface area contributed by atoms with E-state index in [1.165, 1.54) is 4.31 Å². The van der Waals surface area contributed by atoms with Gasteiger partial charge in [0.15, 0.2) is 0 Å². The van der Waals surface area contributed by atoms with Crippen molar-refractivity contribution in [3.8, 4) is 11.8 Å². The Morgan fingerprint density at radius 1 is 1.42 bits per heavy atom. The SMILES string of the molecule is Cc1ccc(C#CCN)cc1S(=O)(=O)N(C)C1CC1. The Balaban J connectivity index is 2.42. The van der Waals surface area contributed by atoms with Crippen LogP contribution in [0.15, 0.2) is 23.1 Å². The lowest BCUT2D eigenvalue weighted by Crippen LogP contribution is -2.29. The minimum absolute atomic E-state index is 0.156. The summed E-state index contributed by atoms with van der Waals surface area (Å²) in [6.45, 7) is 2.06. The molecule has 5 heteroatoms. The Kier molecular flexibility index (Phi) is 3.95. The molecule has 1 fully saturated rings. The van der Waals surface area contributed by atoms with Crippen molar-refractivity contribution >= 4 is 10.0 Å². The molecule has 1 aromatic rings. The second-order valence-electron chi connectivity index (χ2n) is 4.74. The minimum Gasteiger partial charge on any atom is -0.320 e.